The lowest BCUT2D eigenvalue weighted by Crippen LogP contribution is -2.34. The second-order valence-corrected chi connectivity index (χ2v) is 6.54. The Balaban J connectivity index is 2.07. The number of ether oxygens (including phenoxy) is 3. The molecule has 0 aromatic heterocycles. The van der Waals surface area contributed by atoms with Gasteiger partial charge in [0.15, 0.2) is 12.1 Å². The minimum atomic E-state index is -0.246. The minimum Gasteiger partial charge on any atom is -0.493 e. The van der Waals surface area contributed by atoms with Crippen LogP contribution >= 0.6 is 0 Å². The van der Waals surface area contributed by atoms with Crippen molar-refractivity contribution in [2.75, 3.05) is 19.8 Å². The van der Waals surface area contributed by atoms with Gasteiger partial charge in [0, 0.05) is 38.0 Å². The number of ketones is 1. The smallest absolute Gasteiger partial charge is 0.164 e. The molecule has 0 radical (unpaired) electrons. The second kappa shape index (κ2) is 9.19. The van der Waals surface area contributed by atoms with Gasteiger partial charge in [0.2, 0.25) is 0 Å². The fourth-order valence-electron chi connectivity index (χ4n) is 3.44. The molecular weight excluding hydrogens is 304 g/mol. The lowest BCUT2D eigenvalue weighted by atomic mass is 9.77. The van der Waals surface area contributed by atoms with E-state index in [4.69, 9.17) is 14.2 Å². The van der Waals surface area contributed by atoms with Crippen molar-refractivity contribution in [3.63, 3.8) is 0 Å². The number of rotatable bonds is 9. The largest absolute Gasteiger partial charge is 0.493 e. The summed E-state index contributed by atoms with van der Waals surface area (Å²) in [6.07, 6.45) is 6.95. The molecular formula is C20H30O4. The number of carbonyl (C=O) groups is 1. The van der Waals surface area contributed by atoms with Crippen LogP contribution in [0.1, 0.15) is 46.5 Å². The Hall–Kier alpha value is -1.39. The van der Waals surface area contributed by atoms with Gasteiger partial charge in [-0.1, -0.05) is 18.2 Å². The van der Waals surface area contributed by atoms with Crippen molar-refractivity contribution in [2.24, 2.45) is 11.8 Å². The lowest BCUT2D eigenvalue weighted by molar-refractivity contribution is -0.166. The molecule has 0 amide bonds. The van der Waals surface area contributed by atoms with Crippen LogP contribution in [0.15, 0.2) is 35.6 Å². The van der Waals surface area contributed by atoms with E-state index in [0.717, 1.165) is 25.0 Å². The summed E-state index contributed by atoms with van der Waals surface area (Å²) in [4.78, 5) is 11.3. The number of hydrogen-bond acceptors (Lipinski definition) is 4. The highest BCUT2D eigenvalue weighted by atomic mass is 16.7. The zero-order valence-electron chi connectivity index (χ0n) is 15.2. The molecule has 0 N–H and O–H groups in total. The molecule has 24 heavy (non-hydrogen) atoms. The molecule has 0 saturated heterocycles. The molecule has 0 heterocycles. The summed E-state index contributed by atoms with van der Waals surface area (Å²) in [6.45, 7) is 12.0. The van der Waals surface area contributed by atoms with Gasteiger partial charge in [-0.15, -0.1) is 0 Å². The number of allylic oxidation sites excluding steroid dienone is 3. The lowest BCUT2D eigenvalue weighted by Gasteiger charge is -2.35. The Morgan fingerprint density at radius 3 is 2.50 bits per heavy atom. The first kappa shape index (κ1) is 18.9. The summed E-state index contributed by atoms with van der Waals surface area (Å²) < 4.78 is 17.5. The van der Waals surface area contributed by atoms with Gasteiger partial charge in [0.05, 0.1) is 0 Å². The summed E-state index contributed by atoms with van der Waals surface area (Å²) >= 11 is 0. The van der Waals surface area contributed by atoms with E-state index in [2.05, 4.69) is 19.6 Å². The molecule has 0 aliphatic heterocycles. The van der Waals surface area contributed by atoms with Crippen molar-refractivity contribution < 1.29 is 19.0 Å². The molecule has 4 nitrogen and oxygen atoms in total. The van der Waals surface area contributed by atoms with E-state index in [1.165, 1.54) is 11.1 Å². The van der Waals surface area contributed by atoms with Crippen LogP contribution in [-0.4, -0.2) is 31.9 Å². The maximum atomic E-state index is 11.3. The minimum absolute atomic E-state index is 0.161. The average Bonchev–Trinajstić information content (AvgIpc) is 2.98. The maximum absolute atomic E-state index is 11.3. The van der Waals surface area contributed by atoms with E-state index >= 15 is 0 Å². The van der Waals surface area contributed by atoms with Gasteiger partial charge in [-0.2, -0.15) is 0 Å². The maximum Gasteiger partial charge on any atom is 0.164 e. The quantitative estimate of drug-likeness (QED) is 0.469. The first-order chi connectivity index (χ1) is 11.5. The number of hydrogen-bond donors (Lipinski definition) is 0. The molecule has 0 saturated carbocycles. The van der Waals surface area contributed by atoms with E-state index in [1.807, 2.05) is 13.8 Å². The third-order valence-electron chi connectivity index (χ3n) is 4.66. The third kappa shape index (κ3) is 5.05. The van der Waals surface area contributed by atoms with Crippen molar-refractivity contribution in [3.05, 3.63) is 35.6 Å². The second-order valence-electron chi connectivity index (χ2n) is 6.54. The summed E-state index contributed by atoms with van der Waals surface area (Å²) in [7, 11) is 0. The molecule has 0 bridgehead atoms. The Morgan fingerprint density at radius 1 is 1.25 bits per heavy atom. The Morgan fingerprint density at radius 2 is 1.96 bits per heavy atom. The predicted octanol–water partition coefficient (Wildman–Crippen LogP) is 4.18. The summed E-state index contributed by atoms with van der Waals surface area (Å²) in [5.74, 6) is 1.50. The first-order valence-corrected chi connectivity index (χ1v) is 8.99. The van der Waals surface area contributed by atoms with Crippen LogP contribution in [0.3, 0.4) is 0 Å². The van der Waals surface area contributed by atoms with Crippen LogP contribution < -0.4 is 0 Å². The standard InChI is InChI=1S/C20H30O4/c1-5-22-20(23-6-2)19-11-15(7-10-18(19)14(3)4)13-24-17-9-8-16(21)12-17/h11-12,18-20H,3,5-10,13H2,1-2,4H3/t18-,19+/m1/s1. The van der Waals surface area contributed by atoms with Gasteiger partial charge in [0.1, 0.15) is 12.4 Å². The zero-order valence-corrected chi connectivity index (χ0v) is 15.2. The first-order valence-electron chi connectivity index (χ1n) is 8.99. The highest BCUT2D eigenvalue weighted by Gasteiger charge is 2.33. The van der Waals surface area contributed by atoms with Crippen LogP contribution in [0.5, 0.6) is 0 Å². The highest BCUT2D eigenvalue weighted by Crippen LogP contribution is 2.37. The van der Waals surface area contributed by atoms with Crippen LogP contribution in [0, 0.1) is 11.8 Å². The molecule has 2 aliphatic carbocycles. The van der Waals surface area contributed by atoms with Gasteiger partial charge in [-0.3, -0.25) is 4.79 Å². The Bertz CT molecular complexity index is 512. The van der Waals surface area contributed by atoms with Gasteiger partial charge >= 0.3 is 0 Å². The summed E-state index contributed by atoms with van der Waals surface area (Å²) in [6, 6.07) is 0. The molecule has 0 spiro atoms. The van der Waals surface area contributed by atoms with E-state index in [-0.39, 0.29) is 18.0 Å². The van der Waals surface area contributed by atoms with Crippen molar-refractivity contribution in [1.82, 2.24) is 0 Å². The average molecular weight is 334 g/mol. The third-order valence-corrected chi connectivity index (χ3v) is 4.66. The molecule has 2 atom stereocenters. The fourth-order valence-corrected chi connectivity index (χ4v) is 3.44. The molecule has 134 valence electrons. The van der Waals surface area contributed by atoms with E-state index in [9.17, 15) is 4.79 Å². The summed E-state index contributed by atoms with van der Waals surface area (Å²) in [5.41, 5.74) is 2.42. The predicted molar refractivity (Wildman–Crippen MR) is 94.4 cm³/mol. The van der Waals surface area contributed by atoms with E-state index in [0.29, 0.717) is 32.2 Å². The van der Waals surface area contributed by atoms with Gasteiger partial charge < -0.3 is 14.2 Å². The molecule has 0 unspecified atom stereocenters. The van der Waals surface area contributed by atoms with Gasteiger partial charge in [-0.05, 0) is 45.1 Å². The molecule has 2 rings (SSSR count). The van der Waals surface area contributed by atoms with E-state index < -0.39 is 0 Å². The van der Waals surface area contributed by atoms with Crippen molar-refractivity contribution in [1.29, 1.82) is 0 Å². The van der Waals surface area contributed by atoms with Crippen LogP contribution in [0.4, 0.5) is 0 Å². The van der Waals surface area contributed by atoms with Crippen molar-refractivity contribution in [3.8, 4) is 0 Å². The normalized spacial score (nSPS) is 24.1. The van der Waals surface area contributed by atoms with Crippen molar-refractivity contribution in [2.45, 2.75) is 52.7 Å². The molecule has 2 aliphatic rings. The summed E-state index contributed by atoms with van der Waals surface area (Å²) in [5, 5.41) is 0. The fraction of sp³-hybridized carbons (Fsp3) is 0.650. The zero-order chi connectivity index (χ0) is 17.5. The Kier molecular flexibility index (Phi) is 7.25. The monoisotopic (exact) mass is 334 g/mol. The van der Waals surface area contributed by atoms with Gasteiger partial charge in [0.25, 0.3) is 0 Å². The van der Waals surface area contributed by atoms with E-state index in [1.54, 1.807) is 6.08 Å². The van der Waals surface area contributed by atoms with Gasteiger partial charge in [-0.25, -0.2) is 0 Å². The molecule has 0 aromatic carbocycles. The Labute approximate surface area is 145 Å². The topological polar surface area (TPSA) is 44.8 Å². The molecule has 0 fully saturated rings. The highest BCUT2D eigenvalue weighted by molar-refractivity contribution is 5.92. The molecule has 4 heteroatoms. The number of carbonyl (C=O) groups excluding carboxylic acids is 1. The molecule has 0 aromatic rings. The van der Waals surface area contributed by atoms with Crippen LogP contribution in [-0.2, 0) is 19.0 Å². The van der Waals surface area contributed by atoms with Crippen LogP contribution in [0.2, 0.25) is 0 Å². The van der Waals surface area contributed by atoms with Crippen molar-refractivity contribution >= 4 is 5.78 Å². The van der Waals surface area contributed by atoms with Crippen LogP contribution in [0.25, 0.3) is 0 Å². The SMILES string of the molecule is C=C(C)[C@H]1CCC(COC2=CC(=O)CC2)=C[C@@H]1C(OCC)OCC.